The fourth-order valence-electron chi connectivity index (χ4n) is 10.8. The van der Waals surface area contributed by atoms with E-state index in [0.717, 1.165) is 51.4 Å². The molecule has 2 aliphatic heterocycles. The second kappa shape index (κ2) is 55.9. The van der Waals surface area contributed by atoms with Crippen LogP contribution in [0.2, 0.25) is 0 Å². The number of ether oxygens (including phenoxy) is 4. The van der Waals surface area contributed by atoms with Crippen LogP contribution in [0.4, 0.5) is 0 Å². The van der Waals surface area contributed by atoms with Gasteiger partial charge in [0.1, 0.15) is 48.8 Å². The van der Waals surface area contributed by atoms with Gasteiger partial charge < -0.3 is 65.1 Å². The van der Waals surface area contributed by atoms with E-state index in [1.807, 2.05) is 18.2 Å². The zero-order valence-electron chi connectivity index (χ0n) is 53.8. The fraction of sp³-hybridized carbons (Fsp3) is 0.764. The molecule has 0 saturated carbocycles. The molecule has 0 aromatic carbocycles. The number of hydrogen-bond donors (Lipinski definition) is 9. The van der Waals surface area contributed by atoms with Crippen LogP contribution in [0, 0.1) is 0 Å². The predicted octanol–water partition coefficient (Wildman–Crippen LogP) is 13.8. The average Bonchev–Trinajstić information content (AvgIpc) is 2.46. The number of allylic oxidation sites excluding steroid dienone is 15. The van der Waals surface area contributed by atoms with Crippen molar-refractivity contribution < 1.29 is 64.6 Å². The molecular weight excluding hydrogens is 1090 g/mol. The van der Waals surface area contributed by atoms with E-state index in [4.69, 9.17) is 18.9 Å². The van der Waals surface area contributed by atoms with Crippen LogP contribution in [0.25, 0.3) is 0 Å². The highest BCUT2D eigenvalue weighted by Crippen LogP contribution is 2.30. The Balaban J connectivity index is 1.70. The lowest BCUT2D eigenvalue weighted by atomic mass is 9.97. The van der Waals surface area contributed by atoms with Crippen LogP contribution in [0.15, 0.2) is 97.2 Å². The Hall–Kier alpha value is -3.09. The molecule has 2 rings (SSSR count). The van der Waals surface area contributed by atoms with Gasteiger partial charge in [-0.15, -0.1) is 0 Å². The van der Waals surface area contributed by atoms with Crippen molar-refractivity contribution in [3.8, 4) is 0 Å². The first kappa shape index (κ1) is 79.0. The Bertz CT molecular complexity index is 1810. The number of nitrogens with one attached hydrogen (secondary N) is 1. The maximum atomic E-state index is 13.2. The minimum atomic E-state index is -1.80. The van der Waals surface area contributed by atoms with Gasteiger partial charge in [-0.2, -0.15) is 0 Å². The quantitative estimate of drug-likeness (QED) is 0.0204. The van der Waals surface area contributed by atoms with E-state index in [2.05, 4.69) is 92.1 Å². The predicted molar refractivity (Wildman–Crippen MR) is 350 cm³/mol. The zero-order valence-corrected chi connectivity index (χ0v) is 53.8. The smallest absolute Gasteiger partial charge is 0.220 e. The van der Waals surface area contributed by atoms with Crippen molar-refractivity contribution >= 4 is 5.91 Å². The van der Waals surface area contributed by atoms with Crippen molar-refractivity contribution in [2.45, 2.75) is 331 Å². The highest BCUT2D eigenvalue weighted by Gasteiger charge is 2.51. The van der Waals surface area contributed by atoms with Crippen LogP contribution in [0.3, 0.4) is 0 Å². The van der Waals surface area contributed by atoms with E-state index < -0.39 is 86.8 Å². The summed E-state index contributed by atoms with van der Waals surface area (Å²) in [6.45, 7) is 2.63. The minimum Gasteiger partial charge on any atom is -0.394 e. The van der Waals surface area contributed by atoms with Gasteiger partial charge in [-0.1, -0.05) is 278 Å². The summed E-state index contributed by atoms with van der Waals surface area (Å²) in [5.41, 5.74) is 0. The largest absolute Gasteiger partial charge is 0.394 e. The molecular formula is C72H125NO13. The van der Waals surface area contributed by atoms with Gasteiger partial charge in [0.05, 0.1) is 32.0 Å². The molecule has 0 aliphatic carbocycles. The van der Waals surface area contributed by atoms with Crippen molar-refractivity contribution in [3.63, 3.8) is 0 Å². The summed E-state index contributed by atoms with van der Waals surface area (Å²) < 4.78 is 22.8. The SMILES string of the molecule is CC/C=C\C/C=C\C/C=C\C/C=C\C/C=C\C/C=C\CCC(=O)NC(COC1OC(CO)C(OC2OC(CO)C(O)C(O)C2O)C(O)C1O)C(O)/C=C/CC/C=C/CCCCCCCCCCCCCCCCCCCCCCCCCCCCC. The lowest BCUT2D eigenvalue weighted by molar-refractivity contribution is -0.359. The molecule has 2 aliphatic rings. The van der Waals surface area contributed by atoms with Crippen molar-refractivity contribution in [1.82, 2.24) is 5.32 Å². The third-order valence-corrected chi connectivity index (χ3v) is 16.3. The van der Waals surface area contributed by atoms with Crippen LogP contribution in [0.1, 0.15) is 258 Å². The Kier molecular flexibility index (Phi) is 51.4. The maximum Gasteiger partial charge on any atom is 0.220 e. The van der Waals surface area contributed by atoms with Crippen LogP contribution < -0.4 is 5.32 Å². The molecule has 0 aromatic heterocycles. The van der Waals surface area contributed by atoms with Gasteiger partial charge in [-0.25, -0.2) is 0 Å². The summed E-state index contributed by atoms with van der Waals surface area (Å²) in [6, 6.07) is -0.980. The van der Waals surface area contributed by atoms with Gasteiger partial charge in [-0.05, 0) is 70.6 Å². The van der Waals surface area contributed by atoms with E-state index in [1.165, 1.54) is 173 Å². The summed E-state index contributed by atoms with van der Waals surface area (Å²) in [4.78, 5) is 13.2. The molecule has 14 heteroatoms. The highest BCUT2D eigenvalue weighted by atomic mass is 16.7. The molecule has 0 bridgehead atoms. The Morgan fingerprint density at radius 1 is 0.430 bits per heavy atom. The van der Waals surface area contributed by atoms with Gasteiger partial charge in [0, 0.05) is 6.42 Å². The first-order valence-corrected chi connectivity index (χ1v) is 34.5. The zero-order chi connectivity index (χ0) is 62.3. The molecule has 496 valence electrons. The summed E-state index contributed by atoms with van der Waals surface area (Å²) in [5, 5.41) is 87.2. The van der Waals surface area contributed by atoms with Crippen molar-refractivity contribution in [2.24, 2.45) is 0 Å². The number of carbonyl (C=O) groups excluding carboxylic acids is 1. The number of aliphatic hydroxyl groups is 8. The number of unbranched alkanes of at least 4 members (excludes halogenated alkanes) is 28. The fourth-order valence-corrected chi connectivity index (χ4v) is 10.8. The summed E-state index contributed by atoms with van der Waals surface area (Å²) in [6.07, 6.45) is 62.1. The first-order chi connectivity index (χ1) is 42.1. The van der Waals surface area contributed by atoms with Crippen LogP contribution in [-0.4, -0.2) is 140 Å². The molecule has 14 nitrogen and oxygen atoms in total. The number of carbonyl (C=O) groups is 1. The molecule has 12 unspecified atom stereocenters. The van der Waals surface area contributed by atoms with Gasteiger partial charge >= 0.3 is 0 Å². The molecule has 2 fully saturated rings. The van der Waals surface area contributed by atoms with Gasteiger partial charge in [-0.3, -0.25) is 4.79 Å². The minimum absolute atomic E-state index is 0.143. The molecule has 9 N–H and O–H groups in total. The summed E-state index contributed by atoms with van der Waals surface area (Å²) >= 11 is 0. The Labute approximate surface area is 522 Å². The molecule has 2 heterocycles. The molecule has 2 saturated heterocycles. The Morgan fingerprint density at radius 3 is 1.27 bits per heavy atom. The highest BCUT2D eigenvalue weighted by molar-refractivity contribution is 5.76. The number of rotatable bonds is 55. The molecule has 0 spiro atoms. The van der Waals surface area contributed by atoms with Crippen molar-refractivity contribution in [1.29, 1.82) is 0 Å². The Morgan fingerprint density at radius 2 is 0.814 bits per heavy atom. The van der Waals surface area contributed by atoms with E-state index in [0.29, 0.717) is 12.8 Å². The topological polar surface area (TPSA) is 228 Å². The first-order valence-electron chi connectivity index (χ1n) is 34.5. The van der Waals surface area contributed by atoms with E-state index >= 15 is 0 Å². The number of hydrogen-bond acceptors (Lipinski definition) is 13. The van der Waals surface area contributed by atoms with Gasteiger partial charge in [0.25, 0.3) is 0 Å². The van der Waals surface area contributed by atoms with E-state index in [-0.39, 0.29) is 18.9 Å². The monoisotopic (exact) mass is 1210 g/mol. The standard InChI is InChI=1S/C72H125NO13/c1-3-5-7-9-11-13-15-17-19-21-23-24-25-26-27-28-29-30-31-32-33-34-35-36-38-39-41-43-45-47-49-51-53-55-61(76)60(73-64(77)56-54-52-50-48-46-44-42-40-37-22-20-18-16-14-12-10-8-6-4-2)59-83-71-69(82)67(80)70(63(58-75)85-71)86-72-68(81)66(79)65(78)62(57-74)84-72/h6,8,12,14,18,20,37,40,44-47,50,52-53,55,60-63,65-72,74-76,78-82H,3-5,7,9-11,13,15-17,19,21-36,38-39,41-43,48-49,51,54,56-59H2,1-2H3,(H,73,77)/b8-6-,14-12-,20-18-,40-37-,46-44-,47-45+,52-50-,55-53+. The third-order valence-electron chi connectivity index (χ3n) is 16.3. The van der Waals surface area contributed by atoms with E-state index in [1.54, 1.807) is 6.08 Å². The normalized spacial score (nSPS) is 24.0. The van der Waals surface area contributed by atoms with Crippen LogP contribution in [0.5, 0.6) is 0 Å². The second-order valence-electron chi connectivity index (χ2n) is 23.9. The number of aliphatic hydroxyl groups excluding tert-OH is 8. The second-order valence-corrected chi connectivity index (χ2v) is 23.9. The summed E-state index contributed by atoms with van der Waals surface area (Å²) in [5.74, 6) is -0.332. The molecule has 0 radical (unpaired) electrons. The molecule has 12 atom stereocenters. The third kappa shape index (κ3) is 39.8. The number of amides is 1. The van der Waals surface area contributed by atoms with Crippen molar-refractivity contribution in [2.75, 3.05) is 19.8 Å². The lowest BCUT2D eigenvalue weighted by Gasteiger charge is -2.46. The molecule has 86 heavy (non-hydrogen) atoms. The van der Waals surface area contributed by atoms with Crippen LogP contribution in [-0.2, 0) is 23.7 Å². The summed E-state index contributed by atoms with van der Waals surface area (Å²) in [7, 11) is 0. The van der Waals surface area contributed by atoms with Crippen molar-refractivity contribution in [3.05, 3.63) is 97.2 Å². The molecule has 0 aromatic rings. The van der Waals surface area contributed by atoms with Gasteiger partial charge in [0.15, 0.2) is 12.6 Å². The lowest BCUT2D eigenvalue weighted by Crippen LogP contribution is -2.65. The van der Waals surface area contributed by atoms with Gasteiger partial charge in [0.2, 0.25) is 5.91 Å². The van der Waals surface area contributed by atoms with Crippen LogP contribution >= 0.6 is 0 Å². The maximum absolute atomic E-state index is 13.2. The van der Waals surface area contributed by atoms with E-state index in [9.17, 15) is 45.6 Å². The average molecular weight is 1210 g/mol. The molecule has 1 amide bonds.